The molecule has 29 heavy (non-hydrogen) atoms. The number of rotatable bonds is 7. The quantitative estimate of drug-likeness (QED) is 0.643. The van der Waals surface area contributed by atoms with Gasteiger partial charge in [0.1, 0.15) is 0 Å². The lowest BCUT2D eigenvalue weighted by Gasteiger charge is -2.41. The molecule has 1 aromatic carbocycles. The molecule has 0 aliphatic carbocycles. The Morgan fingerprint density at radius 1 is 1.24 bits per heavy atom. The number of carbonyl (C=O) groups excluding carboxylic acids is 1. The normalized spacial score (nSPS) is 17.8. The molecule has 0 unspecified atom stereocenters. The van der Waals surface area contributed by atoms with Gasteiger partial charge in [0.15, 0.2) is 5.79 Å². The van der Waals surface area contributed by atoms with Crippen LogP contribution >= 0.6 is 11.6 Å². The maximum atomic E-state index is 12.3. The van der Waals surface area contributed by atoms with Gasteiger partial charge in [-0.25, -0.2) is 0 Å². The summed E-state index contributed by atoms with van der Waals surface area (Å²) < 4.78 is 11.7. The molecule has 1 amide bonds. The molecule has 3 rings (SSSR count). The summed E-state index contributed by atoms with van der Waals surface area (Å²) in [5.74, 6) is -0.569. The highest BCUT2D eigenvalue weighted by molar-refractivity contribution is 6.31. The molecule has 1 aliphatic rings. The van der Waals surface area contributed by atoms with Crippen LogP contribution in [0, 0.1) is 5.41 Å². The lowest BCUT2D eigenvalue weighted by Crippen LogP contribution is -2.48. The van der Waals surface area contributed by atoms with Gasteiger partial charge >= 0.3 is 0 Å². The molecule has 1 fully saturated rings. The van der Waals surface area contributed by atoms with Crippen molar-refractivity contribution in [1.29, 1.82) is 0 Å². The van der Waals surface area contributed by atoms with Crippen LogP contribution in [-0.2, 0) is 14.3 Å². The van der Waals surface area contributed by atoms with Crippen LogP contribution in [0.3, 0.4) is 0 Å². The van der Waals surface area contributed by atoms with Crippen LogP contribution in [0.4, 0.5) is 11.4 Å². The summed E-state index contributed by atoms with van der Waals surface area (Å²) in [6.07, 6.45) is 4.00. The Morgan fingerprint density at radius 3 is 2.66 bits per heavy atom. The van der Waals surface area contributed by atoms with E-state index in [2.05, 4.69) is 29.5 Å². The Kier molecular flexibility index (Phi) is 6.66. The monoisotopic (exact) mass is 419 g/mol. The van der Waals surface area contributed by atoms with Gasteiger partial charge in [0, 0.05) is 28.8 Å². The number of ether oxygens (including phenoxy) is 2. The highest BCUT2D eigenvalue weighted by Crippen LogP contribution is 2.34. The highest BCUT2D eigenvalue weighted by atomic mass is 35.5. The SMILES string of the molecule is CCCCC(=O)Nc1cnc2cc(Cl)ccc2c1NCC1(C)COC(C)(C)OC1. The summed E-state index contributed by atoms with van der Waals surface area (Å²) in [5.41, 5.74) is 2.08. The molecule has 158 valence electrons. The van der Waals surface area contributed by atoms with Crippen molar-refractivity contribution in [3.8, 4) is 0 Å². The second-order valence-electron chi connectivity index (χ2n) is 8.50. The van der Waals surface area contributed by atoms with Gasteiger partial charge in [-0.3, -0.25) is 9.78 Å². The third-order valence-corrected chi connectivity index (χ3v) is 5.33. The van der Waals surface area contributed by atoms with Gasteiger partial charge < -0.3 is 20.1 Å². The van der Waals surface area contributed by atoms with E-state index in [0.717, 1.165) is 29.4 Å². The van der Waals surface area contributed by atoms with Crippen molar-refractivity contribution in [3.63, 3.8) is 0 Å². The molecular formula is C22H30ClN3O3. The van der Waals surface area contributed by atoms with Crippen molar-refractivity contribution in [1.82, 2.24) is 4.98 Å². The van der Waals surface area contributed by atoms with Crippen molar-refractivity contribution in [2.45, 2.75) is 52.7 Å². The average Bonchev–Trinajstić information content (AvgIpc) is 2.68. The summed E-state index contributed by atoms with van der Waals surface area (Å²) in [7, 11) is 0. The summed E-state index contributed by atoms with van der Waals surface area (Å²) >= 11 is 6.14. The Hall–Kier alpha value is -1.89. The summed E-state index contributed by atoms with van der Waals surface area (Å²) in [5, 5.41) is 8.05. The Bertz CT molecular complexity index is 875. The Balaban J connectivity index is 1.85. The number of unbranched alkanes of at least 4 members (excludes halogenated alkanes) is 1. The number of halogens is 1. The fourth-order valence-electron chi connectivity index (χ4n) is 3.19. The standard InChI is InChI=1S/C22H30ClN3O3/c1-5-6-7-19(27)26-18-11-24-17-10-15(23)8-9-16(17)20(18)25-12-22(4)13-28-21(2,3)29-14-22/h8-11H,5-7,12-14H2,1-4H3,(H,24,25)(H,26,27). The minimum atomic E-state index is -0.558. The number of hydrogen-bond donors (Lipinski definition) is 2. The zero-order chi connectivity index (χ0) is 21.1. The van der Waals surface area contributed by atoms with Gasteiger partial charge in [0.05, 0.1) is 36.3 Å². The second kappa shape index (κ2) is 8.86. The van der Waals surface area contributed by atoms with Crippen molar-refractivity contribution < 1.29 is 14.3 Å². The third-order valence-electron chi connectivity index (χ3n) is 5.09. The van der Waals surface area contributed by atoms with Crippen LogP contribution in [0.2, 0.25) is 5.02 Å². The average molecular weight is 420 g/mol. The van der Waals surface area contributed by atoms with Crippen molar-refractivity contribution in [2.75, 3.05) is 30.4 Å². The molecule has 0 saturated carbocycles. The summed E-state index contributed by atoms with van der Waals surface area (Å²) in [4.78, 5) is 16.8. The lowest BCUT2D eigenvalue weighted by atomic mass is 9.91. The number of nitrogens with one attached hydrogen (secondary N) is 2. The van der Waals surface area contributed by atoms with E-state index in [1.807, 2.05) is 32.0 Å². The highest BCUT2D eigenvalue weighted by Gasteiger charge is 2.36. The van der Waals surface area contributed by atoms with Crippen LogP contribution in [0.5, 0.6) is 0 Å². The number of nitrogens with zero attached hydrogens (tertiary/aromatic N) is 1. The predicted molar refractivity (Wildman–Crippen MR) is 117 cm³/mol. The molecule has 2 N–H and O–H groups in total. The smallest absolute Gasteiger partial charge is 0.224 e. The van der Waals surface area contributed by atoms with Crippen LogP contribution in [0.15, 0.2) is 24.4 Å². The van der Waals surface area contributed by atoms with E-state index in [0.29, 0.717) is 36.9 Å². The Labute approximate surface area is 177 Å². The maximum absolute atomic E-state index is 12.3. The van der Waals surface area contributed by atoms with Crippen LogP contribution in [0.1, 0.15) is 47.0 Å². The van der Waals surface area contributed by atoms with Crippen molar-refractivity contribution in [2.24, 2.45) is 5.41 Å². The molecule has 1 aliphatic heterocycles. The summed E-state index contributed by atoms with van der Waals surface area (Å²) in [6.45, 7) is 9.82. The molecule has 0 spiro atoms. The number of benzene rings is 1. The van der Waals surface area contributed by atoms with E-state index >= 15 is 0 Å². The first-order valence-corrected chi connectivity index (χ1v) is 10.5. The van der Waals surface area contributed by atoms with E-state index in [9.17, 15) is 4.79 Å². The van der Waals surface area contributed by atoms with Crippen LogP contribution < -0.4 is 10.6 Å². The first-order chi connectivity index (χ1) is 13.7. The summed E-state index contributed by atoms with van der Waals surface area (Å²) in [6, 6.07) is 5.58. The molecule has 0 atom stereocenters. The van der Waals surface area contributed by atoms with Gasteiger partial charge in [-0.2, -0.15) is 0 Å². The first-order valence-electron chi connectivity index (χ1n) is 10.1. The predicted octanol–water partition coefficient (Wildman–Crippen LogP) is 5.22. The van der Waals surface area contributed by atoms with E-state index in [1.165, 1.54) is 0 Å². The maximum Gasteiger partial charge on any atom is 0.224 e. The number of fused-ring (bicyclic) bond motifs is 1. The fraction of sp³-hybridized carbons (Fsp3) is 0.545. The number of hydrogen-bond acceptors (Lipinski definition) is 5. The Morgan fingerprint density at radius 2 is 1.97 bits per heavy atom. The van der Waals surface area contributed by atoms with Gasteiger partial charge in [0.25, 0.3) is 0 Å². The van der Waals surface area contributed by atoms with Gasteiger partial charge in [-0.05, 0) is 38.5 Å². The number of amides is 1. The van der Waals surface area contributed by atoms with Crippen molar-refractivity contribution in [3.05, 3.63) is 29.4 Å². The number of pyridine rings is 1. The minimum absolute atomic E-state index is 0.0118. The van der Waals surface area contributed by atoms with Crippen LogP contribution in [-0.4, -0.2) is 36.4 Å². The molecule has 1 saturated heterocycles. The number of aromatic nitrogens is 1. The molecule has 1 aromatic heterocycles. The van der Waals surface area contributed by atoms with E-state index in [4.69, 9.17) is 21.1 Å². The minimum Gasteiger partial charge on any atom is -0.382 e. The zero-order valence-electron chi connectivity index (χ0n) is 17.6. The zero-order valence-corrected chi connectivity index (χ0v) is 18.4. The fourth-order valence-corrected chi connectivity index (χ4v) is 3.35. The van der Waals surface area contributed by atoms with Gasteiger partial charge in [-0.15, -0.1) is 0 Å². The second-order valence-corrected chi connectivity index (χ2v) is 8.94. The number of anilines is 2. The third kappa shape index (κ3) is 5.59. The van der Waals surface area contributed by atoms with Crippen molar-refractivity contribution >= 4 is 39.8 Å². The van der Waals surface area contributed by atoms with E-state index < -0.39 is 5.79 Å². The number of carbonyl (C=O) groups is 1. The molecule has 0 radical (unpaired) electrons. The largest absolute Gasteiger partial charge is 0.382 e. The molecule has 6 nitrogen and oxygen atoms in total. The lowest BCUT2D eigenvalue weighted by molar-refractivity contribution is -0.279. The molecule has 2 heterocycles. The molecule has 7 heteroatoms. The van der Waals surface area contributed by atoms with E-state index in [-0.39, 0.29) is 11.3 Å². The van der Waals surface area contributed by atoms with Gasteiger partial charge in [-0.1, -0.05) is 31.9 Å². The molecule has 0 bridgehead atoms. The van der Waals surface area contributed by atoms with Gasteiger partial charge in [0.2, 0.25) is 5.91 Å². The van der Waals surface area contributed by atoms with E-state index in [1.54, 1.807) is 6.20 Å². The first kappa shape index (κ1) is 21.8. The molecule has 2 aromatic rings. The van der Waals surface area contributed by atoms with Crippen LogP contribution in [0.25, 0.3) is 10.9 Å². The topological polar surface area (TPSA) is 72.5 Å². The molecular weight excluding hydrogens is 390 g/mol.